The van der Waals surface area contributed by atoms with Crippen LogP contribution in [-0.2, 0) is 0 Å². The molecule has 0 bridgehead atoms. The molecule has 0 spiro atoms. The van der Waals surface area contributed by atoms with E-state index in [2.05, 4.69) is 31.1 Å². The zero-order valence-corrected chi connectivity index (χ0v) is 15.5. The molecule has 1 amide bonds. The van der Waals surface area contributed by atoms with Crippen LogP contribution in [-0.4, -0.2) is 34.2 Å². The Balaban J connectivity index is 1.42. The van der Waals surface area contributed by atoms with Crippen molar-refractivity contribution >= 4 is 35.0 Å². The van der Waals surface area contributed by atoms with Gasteiger partial charge in [0.15, 0.2) is 5.82 Å². The van der Waals surface area contributed by atoms with Crippen LogP contribution in [0, 0.1) is 6.92 Å². The molecule has 0 fully saturated rings. The van der Waals surface area contributed by atoms with Crippen molar-refractivity contribution in [3.63, 3.8) is 0 Å². The first kappa shape index (κ1) is 18.6. The average molecular weight is 383 g/mol. The van der Waals surface area contributed by atoms with E-state index in [4.69, 9.17) is 11.6 Å². The molecule has 2 heterocycles. The molecule has 0 saturated heterocycles. The third-order valence-electron chi connectivity index (χ3n) is 3.66. The fourth-order valence-electron chi connectivity index (χ4n) is 2.24. The Hall–Kier alpha value is -3.19. The summed E-state index contributed by atoms with van der Waals surface area (Å²) >= 11 is 5.81. The first-order valence-corrected chi connectivity index (χ1v) is 8.79. The summed E-state index contributed by atoms with van der Waals surface area (Å²) in [5.41, 5.74) is 1.66. The minimum atomic E-state index is -0.148. The highest BCUT2D eigenvalue weighted by Crippen LogP contribution is 2.12. The number of rotatable bonds is 7. The summed E-state index contributed by atoms with van der Waals surface area (Å²) in [4.78, 5) is 16.2. The van der Waals surface area contributed by atoms with Gasteiger partial charge in [0.25, 0.3) is 5.91 Å². The maximum absolute atomic E-state index is 12.0. The molecule has 7 nitrogen and oxygen atoms in total. The number of aryl methyl sites for hydroxylation is 1. The van der Waals surface area contributed by atoms with Crippen LogP contribution in [0.15, 0.2) is 54.7 Å². The fraction of sp³-hybridized carbons (Fsp3) is 0.158. The van der Waals surface area contributed by atoms with Gasteiger partial charge in [0, 0.05) is 29.9 Å². The van der Waals surface area contributed by atoms with Crippen molar-refractivity contribution in [2.75, 3.05) is 23.7 Å². The highest BCUT2D eigenvalue weighted by atomic mass is 35.5. The first-order chi connectivity index (χ1) is 13.1. The zero-order valence-electron chi connectivity index (χ0n) is 14.7. The second-order valence-corrected chi connectivity index (χ2v) is 6.28. The number of halogens is 1. The van der Waals surface area contributed by atoms with Crippen LogP contribution in [0.2, 0.25) is 5.02 Å². The number of anilines is 3. The van der Waals surface area contributed by atoms with Gasteiger partial charge in [-0.15, -0.1) is 10.2 Å². The molecular weight excluding hydrogens is 364 g/mol. The van der Waals surface area contributed by atoms with Crippen molar-refractivity contribution in [1.82, 2.24) is 20.5 Å². The summed E-state index contributed by atoms with van der Waals surface area (Å²) in [5.74, 6) is 1.79. The average Bonchev–Trinajstić information content (AvgIpc) is 2.68. The van der Waals surface area contributed by atoms with Crippen LogP contribution >= 0.6 is 11.6 Å². The van der Waals surface area contributed by atoms with Gasteiger partial charge in [0.1, 0.15) is 11.6 Å². The van der Waals surface area contributed by atoms with Gasteiger partial charge in [-0.1, -0.05) is 17.7 Å². The van der Waals surface area contributed by atoms with Gasteiger partial charge in [-0.2, -0.15) is 0 Å². The molecule has 0 saturated carbocycles. The maximum atomic E-state index is 12.0. The van der Waals surface area contributed by atoms with Crippen molar-refractivity contribution in [3.8, 4) is 0 Å². The molecule has 0 atom stereocenters. The smallest absolute Gasteiger partial charge is 0.251 e. The van der Waals surface area contributed by atoms with Crippen LogP contribution in [0.25, 0.3) is 0 Å². The molecule has 3 aromatic rings. The standard InChI is InChI=1S/C19H19ClN6O/c1-13-2-7-16(23-12-13)24-18-9-8-17(25-26-18)21-10-11-22-19(27)14-3-5-15(20)6-4-14/h2-9,12H,10-11H2,1H3,(H,21,25)(H,22,27)(H,23,24,26). The number of aromatic nitrogens is 3. The van der Waals surface area contributed by atoms with E-state index in [1.54, 1.807) is 30.5 Å². The molecule has 138 valence electrons. The molecule has 0 aliphatic heterocycles. The van der Waals surface area contributed by atoms with Gasteiger partial charge in [0.2, 0.25) is 0 Å². The number of hydrogen-bond donors (Lipinski definition) is 3. The SMILES string of the molecule is Cc1ccc(Nc2ccc(NCCNC(=O)c3ccc(Cl)cc3)nn2)nc1. The van der Waals surface area contributed by atoms with Gasteiger partial charge in [-0.3, -0.25) is 4.79 Å². The minimum Gasteiger partial charge on any atom is -0.367 e. The molecule has 1 aromatic carbocycles. The Morgan fingerprint density at radius 1 is 0.926 bits per heavy atom. The van der Waals surface area contributed by atoms with Crippen molar-refractivity contribution in [2.24, 2.45) is 0 Å². The normalized spacial score (nSPS) is 10.3. The zero-order chi connectivity index (χ0) is 19.1. The maximum Gasteiger partial charge on any atom is 0.251 e. The molecule has 3 N–H and O–H groups in total. The number of pyridine rings is 1. The van der Waals surface area contributed by atoms with E-state index in [1.165, 1.54) is 0 Å². The van der Waals surface area contributed by atoms with Crippen LogP contribution in [0.5, 0.6) is 0 Å². The second-order valence-electron chi connectivity index (χ2n) is 5.84. The molecule has 27 heavy (non-hydrogen) atoms. The monoisotopic (exact) mass is 382 g/mol. The van der Waals surface area contributed by atoms with E-state index in [1.807, 2.05) is 31.2 Å². The summed E-state index contributed by atoms with van der Waals surface area (Å²) in [5, 5.41) is 17.8. The van der Waals surface area contributed by atoms with E-state index in [0.29, 0.717) is 41.1 Å². The summed E-state index contributed by atoms with van der Waals surface area (Å²) in [6.07, 6.45) is 1.78. The molecule has 8 heteroatoms. The lowest BCUT2D eigenvalue weighted by atomic mass is 10.2. The number of carbonyl (C=O) groups is 1. The summed E-state index contributed by atoms with van der Waals surface area (Å²) in [7, 11) is 0. The van der Waals surface area contributed by atoms with Gasteiger partial charge in [-0.05, 0) is 55.0 Å². The lowest BCUT2D eigenvalue weighted by molar-refractivity contribution is 0.0955. The van der Waals surface area contributed by atoms with Crippen LogP contribution in [0.4, 0.5) is 17.5 Å². The predicted octanol–water partition coefficient (Wildman–Crippen LogP) is 3.42. The van der Waals surface area contributed by atoms with E-state index in [0.717, 1.165) is 5.56 Å². The quantitative estimate of drug-likeness (QED) is 0.542. The third kappa shape index (κ3) is 5.65. The van der Waals surface area contributed by atoms with E-state index in [-0.39, 0.29) is 5.91 Å². The summed E-state index contributed by atoms with van der Waals surface area (Å²) in [6, 6.07) is 14.2. The Kier molecular flexibility index (Phi) is 6.17. The van der Waals surface area contributed by atoms with Crippen molar-refractivity contribution in [1.29, 1.82) is 0 Å². The lowest BCUT2D eigenvalue weighted by Crippen LogP contribution is -2.28. The number of hydrogen-bond acceptors (Lipinski definition) is 6. The molecule has 0 unspecified atom stereocenters. The molecule has 0 aliphatic carbocycles. The molecule has 2 aromatic heterocycles. The third-order valence-corrected chi connectivity index (χ3v) is 3.91. The van der Waals surface area contributed by atoms with Gasteiger partial charge < -0.3 is 16.0 Å². The van der Waals surface area contributed by atoms with E-state index >= 15 is 0 Å². The summed E-state index contributed by atoms with van der Waals surface area (Å²) in [6.45, 7) is 2.96. The Morgan fingerprint density at radius 3 is 2.30 bits per heavy atom. The van der Waals surface area contributed by atoms with Crippen LogP contribution in [0.3, 0.4) is 0 Å². The Morgan fingerprint density at radius 2 is 1.63 bits per heavy atom. The molecular formula is C19H19ClN6O. The number of carbonyl (C=O) groups excluding carboxylic acids is 1. The topological polar surface area (TPSA) is 91.8 Å². The lowest BCUT2D eigenvalue weighted by Gasteiger charge is -2.08. The Bertz CT molecular complexity index is 882. The van der Waals surface area contributed by atoms with E-state index in [9.17, 15) is 4.79 Å². The van der Waals surface area contributed by atoms with Gasteiger partial charge in [-0.25, -0.2) is 4.98 Å². The number of amides is 1. The largest absolute Gasteiger partial charge is 0.367 e. The highest BCUT2D eigenvalue weighted by Gasteiger charge is 2.04. The number of benzene rings is 1. The van der Waals surface area contributed by atoms with Crippen molar-refractivity contribution in [3.05, 3.63) is 70.9 Å². The van der Waals surface area contributed by atoms with E-state index < -0.39 is 0 Å². The molecule has 3 rings (SSSR count). The van der Waals surface area contributed by atoms with Crippen LogP contribution < -0.4 is 16.0 Å². The molecule has 0 radical (unpaired) electrons. The first-order valence-electron chi connectivity index (χ1n) is 8.41. The minimum absolute atomic E-state index is 0.148. The van der Waals surface area contributed by atoms with Crippen molar-refractivity contribution < 1.29 is 4.79 Å². The van der Waals surface area contributed by atoms with Gasteiger partial charge in [0.05, 0.1) is 0 Å². The Labute approximate surface area is 162 Å². The number of nitrogens with one attached hydrogen (secondary N) is 3. The van der Waals surface area contributed by atoms with Gasteiger partial charge >= 0.3 is 0 Å². The molecule has 0 aliphatic rings. The fourth-order valence-corrected chi connectivity index (χ4v) is 2.36. The predicted molar refractivity (Wildman–Crippen MR) is 107 cm³/mol. The van der Waals surface area contributed by atoms with Crippen LogP contribution in [0.1, 0.15) is 15.9 Å². The highest BCUT2D eigenvalue weighted by molar-refractivity contribution is 6.30. The summed E-state index contributed by atoms with van der Waals surface area (Å²) < 4.78 is 0. The van der Waals surface area contributed by atoms with Crippen molar-refractivity contribution in [2.45, 2.75) is 6.92 Å². The number of nitrogens with zero attached hydrogens (tertiary/aromatic N) is 3. The second kappa shape index (κ2) is 8.95.